The molecule has 3 aliphatic heterocycles. The number of ketones is 2. The Bertz CT molecular complexity index is 1270. The van der Waals surface area contributed by atoms with Crippen molar-refractivity contribution in [2.45, 2.75) is 76.8 Å². The molecule has 7 rings (SSSR count). The maximum absolute atomic E-state index is 14.0. The molecule has 178 valence electrons. The van der Waals surface area contributed by atoms with Gasteiger partial charge in [0.2, 0.25) is 0 Å². The molecule has 4 bridgehead atoms. The van der Waals surface area contributed by atoms with E-state index in [0.717, 1.165) is 5.57 Å². The molecule has 1 N–H and O–H groups in total. The molecule has 6 nitrogen and oxygen atoms in total. The number of rotatable bonds is 2. The van der Waals surface area contributed by atoms with Gasteiger partial charge in [0.15, 0.2) is 22.8 Å². The van der Waals surface area contributed by atoms with Gasteiger partial charge in [-0.2, -0.15) is 0 Å². The second-order valence-corrected chi connectivity index (χ2v) is 11.6. The van der Waals surface area contributed by atoms with E-state index in [9.17, 15) is 14.7 Å². The molecule has 34 heavy (non-hydrogen) atoms. The Balaban J connectivity index is 1.62. The lowest BCUT2D eigenvalue weighted by Gasteiger charge is -2.56. The molecule has 1 unspecified atom stereocenters. The van der Waals surface area contributed by atoms with Crippen LogP contribution in [-0.4, -0.2) is 39.1 Å². The Morgan fingerprint density at radius 3 is 2.59 bits per heavy atom. The Labute approximate surface area is 199 Å². The van der Waals surface area contributed by atoms with Gasteiger partial charge in [-0.05, 0) is 60.1 Å². The Hall–Kier alpha value is -2.86. The predicted molar refractivity (Wildman–Crippen MR) is 126 cm³/mol. The molecule has 0 amide bonds. The van der Waals surface area contributed by atoms with Gasteiger partial charge in [0.05, 0.1) is 11.2 Å². The SMILES string of the molecule is CC(C)=CCC12OC(C)(C)[C@@H]3C[C@@H](C=C4C(=O)c5c(cc6c(c5O)C=CC(C)(C)O6)O[C@]431)C2=O. The minimum absolute atomic E-state index is 0.0330. The van der Waals surface area contributed by atoms with Gasteiger partial charge >= 0.3 is 0 Å². The van der Waals surface area contributed by atoms with Crippen molar-refractivity contribution >= 4 is 17.6 Å². The lowest BCUT2D eigenvalue weighted by molar-refractivity contribution is -0.171. The topological polar surface area (TPSA) is 82.1 Å². The number of aromatic hydroxyl groups is 1. The second kappa shape index (κ2) is 6.22. The third kappa shape index (κ3) is 2.40. The minimum atomic E-state index is -1.30. The lowest BCUT2D eigenvalue weighted by Crippen LogP contribution is -2.72. The van der Waals surface area contributed by atoms with Crippen molar-refractivity contribution in [2.75, 3.05) is 0 Å². The van der Waals surface area contributed by atoms with Crippen molar-refractivity contribution in [3.63, 3.8) is 0 Å². The molecule has 0 radical (unpaired) electrons. The van der Waals surface area contributed by atoms with Crippen LogP contribution in [-0.2, 0) is 9.53 Å². The van der Waals surface area contributed by atoms with Crippen LogP contribution in [0.4, 0.5) is 0 Å². The summed E-state index contributed by atoms with van der Waals surface area (Å²) in [5, 5.41) is 11.2. The van der Waals surface area contributed by atoms with E-state index in [0.29, 0.717) is 29.7 Å². The van der Waals surface area contributed by atoms with Crippen LogP contribution >= 0.6 is 0 Å². The molecule has 1 aromatic rings. The van der Waals surface area contributed by atoms with Crippen molar-refractivity contribution in [1.82, 2.24) is 0 Å². The highest BCUT2D eigenvalue weighted by molar-refractivity contribution is 6.18. The summed E-state index contributed by atoms with van der Waals surface area (Å²) in [5.41, 5.74) is -1.71. The fourth-order valence-electron chi connectivity index (χ4n) is 6.77. The van der Waals surface area contributed by atoms with Crippen molar-refractivity contribution in [3.05, 3.63) is 46.6 Å². The quantitative estimate of drug-likeness (QED) is 0.627. The molecule has 3 aliphatic carbocycles. The summed E-state index contributed by atoms with van der Waals surface area (Å²) >= 11 is 0. The Morgan fingerprint density at radius 2 is 1.88 bits per heavy atom. The third-order valence-corrected chi connectivity index (χ3v) is 8.19. The highest BCUT2D eigenvalue weighted by Crippen LogP contribution is 2.68. The van der Waals surface area contributed by atoms with Gasteiger partial charge in [0.1, 0.15) is 28.4 Å². The Kier molecular flexibility index (Phi) is 3.96. The molecule has 1 saturated heterocycles. The summed E-state index contributed by atoms with van der Waals surface area (Å²) in [6.45, 7) is 11.8. The van der Waals surface area contributed by atoms with Gasteiger partial charge in [-0.3, -0.25) is 9.59 Å². The summed E-state index contributed by atoms with van der Waals surface area (Å²) in [5.74, 6) is -0.404. The van der Waals surface area contributed by atoms with Crippen LogP contribution in [0.15, 0.2) is 35.4 Å². The van der Waals surface area contributed by atoms with Crippen LogP contribution in [0.2, 0.25) is 0 Å². The van der Waals surface area contributed by atoms with E-state index in [4.69, 9.17) is 14.2 Å². The summed E-state index contributed by atoms with van der Waals surface area (Å²) < 4.78 is 19.5. The standard InChI is InChI=1S/C28H30O6/c1-14(2)7-10-27-24(31)15-11-17-23(30)21-19(33-28(17,27)20(12-15)26(5,6)34-27)13-18-16(22(21)29)8-9-25(3,4)32-18/h7-9,11,13,15,20,29H,10,12H2,1-6H3/t15-,20+,27?,28-/m1/s1. The summed E-state index contributed by atoms with van der Waals surface area (Å²) in [6.07, 6.45) is 8.29. The van der Waals surface area contributed by atoms with Gasteiger partial charge in [-0.15, -0.1) is 0 Å². The van der Waals surface area contributed by atoms with Gasteiger partial charge in [0, 0.05) is 29.9 Å². The van der Waals surface area contributed by atoms with E-state index < -0.39 is 28.3 Å². The lowest BCUT2D eigenvalue weighted by atomic mass is 9.51. The Morgan fingerprint density at radius 1 is 1.15 bits per heavy atom. The van der Waals surface area contributed by atoms with E-state index in [1.807, 2.05) is 53.7 Å². The molecule has 6 aliphatic rings. The number of hydrogen-bond acceptors (Lipinski definition) is 6. The van der Waals surface area contributed by atoms with E-state index in [1.54, 1.807) is 18.2 Å². The molecule has 3 heterocycles. The first kappa shape index (κ1) is 21.7. The van der Waals surface area contributed by atoms with Gasteiger partial charge in [-0.25, -0.2) is 0 Å². The molecule has 1 aromatic carbocycles. The average molecular weight is 463 g/mol. The van der Waals surface area contributed by atoms with Crippen LogP contribution < -0.4 is 9.47 Å². The molecule has 1 spiro atoms. The van der Waals surface area contributed by atoms with Crippen LogP contribution in [0.5, 0.6) is 17.2 Å². The van der Waals surface area contributed by atoms with E-state index in [2.05, 4.69) is 0 Å². The molecular formula is C28H30O6. The fourth-order valence-corrected chi connectivity index (χ4v) is 6.77. The first-order valence-electron chi connectivity index (χ1n) is 11.9. The maximum Gasteiger partial charge on any atom is 0.200 e. The largest absolute Gasteiger partial charge is 0.506 e. The van der Waals surface area contributed by atoms with Crippen LogP contribution in [0.1, 0.15) is 70.3 Å². The highest BCUT2D eigenvalue weighted by atomic mass is 16.6. The number of phenolic OH excluding ortho intramolecular Hbond substituents is 1. The van der Waals surface area contributed by atoms with E-state index in [1.165, 1.54) is 0 Å². The van der Waals surface area contributed by atoms with E-state index in [-0.39, 0.29) is 34.5 Å². The zero-order valence-electron chi connectivity index (χ0n) is 20.4. The van der Waals surface area contributed by atoms with Crippen LogP contribution in [0, 0.1) is 11.8 Å². The first-order valence-corrected chi connectivity index (χ1v) is 11.9. The second-order valence-electron chi connectivity index (χ2n) is 11.6. The summed E-state index contributed by atoms with van der Waals surface area (Å²) in [4.78, 5) is 27.9. The molecule has 4 atom stereocenters. The number of ether oxygens (including phenoxy) is 3. The normalized spacial score (nSPS) is 34.9. The number of allylic oxidation sites excluding steroid dienone is 2. The predicted octanol–water partition coefficient (Wildman–Crippen LogP) is 4.94. The van der Waals surface area contributed by atoms with E-state index >= 15 is 0 Å². The third-order valence-electron chi connectivity index (χ3n) is 8.19. The number of carbonyl (C=O) groups is 2. The smallest absolute Gasteiger partial charge is 0.200 e. The number of carbonyl (C=O) groups excluding carboxylic acids is 2. The van der Waals surface area contributed by atoms with Crippen molar-refractivity contribution in [1.29, 1.82) is 0 Å². The molecular weight excluding hydrogens is 432 g/mol. The number of hydrogen-bond donors (Lipinski definition) is 1. The first-order chi connectivity index (χ1) is 15.8. The number of phenols is 1. The number of Topliss-reactive ketones (excluding diaryl/α,β-unsaturated/α-hetero) is 2. The van der Waals surface area contributed by atoms with Gasteiger partial charge < -0.3 is 19.3 Å². The average Bonchev–Trinajstić information content (AvgIpc) is 2.88. The minimum Gasteiger partial charge on any atom is -0.506 e. The van der Waals surface area contributed by atoms with Crippen molar-refractivity contribution in [2.24, 2.45) is 11.8 Å². The number of benzene rings is 1. The molecule has 1 saturated carbocycles. The molecule has 6 heteroatoms. The zero-order chi connectivity index (χ0) is 24.4. The fraction of sp³-hybridized carbons (Fsp3) is 0.500. The monoisotopic (exact) mass is 462 g/mol. The summed E-state index contributed by atoms with van der Waals surface area (Å²) in [6, 6.07) is 1.69. The van der Waals surface area contributed by atoms with Gasteiger partial charge in [-0.1, -0.05) is 17.7 Å². The van der Waals surface area contributed by atoms with Crippen LogP contribution in [0.25, 0.3) is 6.08 Å². The van der Waals surface area contributed by atoms with Crippen molar-refractivity contribution in [3.8, 4) is 17.2 Å². The van der Waals surface area contributed by atoms with Crippen molar-refractivity contribution < 1.29 is 28.9 Å². The highest BCUT2D eigenvalue weighted by Gasteiger charge is 2.81. The van der Waals surface area contributed by atoms with Crippen LogP contribution in [0.3, 0.4) is 0 Å². The van der Waals surface area contributed by atoms with Gasteiger partial charge in [0.25, 0.3) is 0 Å². The zero-order valence-corrected chi connectivity index (χ0v) is 20.4. The molecule has 2 fully saturated rings. The summed E-state index contributed by atoms with van der Waals surface area (Å²) in [7, 11) is 0. The number of fused-ring (bicyclic) bond motifs is 2. The maximum atomic E-state index is 14.0. The molecule has 0 aromatic heterocycles.